The largest absolute Gasteiger partial charge is 0.381 e. The van der Waals surface area contributed by atoms with Crippen LogP contribution in [0.5, 0.6) is 0 Å². The van der Waals surface area contributed by atoms with Crippen LogP contribution in [0.4, 0.5) is 0 Å². The van der Waals surface area contributed by atoms with Crippen molar-refractivity contribution in [2.24, 2.45) is 11.3 Å². The van der Waals surface area contributed by atoms with Crippen molar-refractivity contribution in [1.82, 2.24) is 10.2 Å². The molecule has 2 rings (SSSR count). The topological polar surface area (TPSA) is 24.5 Å². The standard InChI is InChI=1S/C18H36N2O/c1-5-10-20(13-16-6-7-16)15-18(8-11-21-12-9-18)14-19-17(2,3)4/h16,19H,5-15H2,1-4H3. The van der Waals surface area contributed by atoms with Crippen LogP contribution in [0.1, 0.15) is 59.8 Å². The van der Waals surface area contributed by atoms with E-state index in [1.807, 2.05) is 0 Å². The van der Waals surface area contributed by atoms with Crippen LogP contribution in [0.25, 0.3) is 0 Å². The first-order valence-electron chi connectivity index (χ1n) is 8.98. The van der Waals surface area contributed by atoms with Gasteiger partial charge < -0.3 is 15.0 Å². The van der Waals surface area contributed by atoms with Gasteiger partial charge in [-0.3, -0.25) is 0 Å². The van der Waals surface area contributed by atoms with Crippen LogP contribution in [0.2, 0.25) is 0 Å². The molecule has 1 saturated carbocycles. The van der Waals surface area contributed by atoms with E-state index in [4.69, 9.17) is 4.74 Å². The van der Waals surface area contributed by atoms with Crippen LogP contribution in [0.3, 0.4) is 0 Å². The average Bonchev–Trinajstić information content (AvgIpc) is 3.21. The van der Waals surface area contributed by atoms with Gasteiger partial charge in [0, 0.05) is 38.4 Å². The zero-order valence-corrected chi connectivity index (χ0v) is 14.7. The third-order valence-corrected chi connectivity index (χ3v) is 4.86. The van der Waals surface area contributed by atoms with Gasteiger partial charge in [-0.1, -0.05) is 6.92 Å². The normalized spacial score (nSPS) is 22.7. The smallest absolute Gasteiger partial charge is 0.0472 e. The first-order chi connectivity index (χ1) is 9.92. The van der Waals surface area contributed by atoms with Crippen molar-refractivity contribution < 1.29 is 4.74 Å². The number of nitrogens with one attached hydrogen (secondary N) is 1. The van der Waals surface area contributed by atoms with Crippen molar-refractivity contribution in [3.63, 3.8) is 0 Å². The minimum atomic E-state index is 0.206. The number of nitrogens with zero attached hydrogens (tertiary/aromatic N) is 1. The Hall–Kier alpha value is -0.120. The maximum atomic E-state index is 5.65. The van der Waals surface area contributed by atoms with Crippen molar-refractivity contribution in [2.45, 2.75) is 65.3 Å². The van der Waals surface area contributed by atoms with Gasteiger partial charge in [-0.2, -0.15) is 0 Å². The number of hydrogen-bond acceptors (Lipinski definition) is 3. The van der Waals surface area contributed by atoms with E-state index in [0.29, 0.717) is 5.41 Å². The molecule has 1 N–H and O–H groups in total. The van der Waals surface area contributed by atoms with Crippen LogP contribution in [0.15, 0.2) is 0 Å². The predicted octanol–water partition coefficient (Wildman–Crippen LogP) is 3.29. The van der Waals surface area contributed by atoms with Gasteiger partial charge in [0.25, 0.3) is 0 Å². The van der Waals surface area contributed by atoms with E-state index in [2.05, 4.69) is 37.9 Å². The summed E-state index contributed by atoms with van der Waals surface area (Å²) in [5.41, 5.74) is 0.618. The summed E-state index contributed by atoms with van der Waals surface area (Å²) in [5, 5.41) is 3.77. The molecule has 2 fully saturated rings. The molecular weight excluding hydrogens is 260 g/mol. The third-order valence-electron chi connectivity index (χ3n) is 4.86. The van der Waals surface area contributed by atoms with Crippen molar-refractivity contribution in [3.05, 3.63) is 0 Å². The van der Waals surface area contributed by atoms with Gasteiger partial charge in [0.05, 0.1) is 0 Å². The van der Waals surface area contributed by atoms with Gasteiger partial charge in [0.15, 0.2) is 0 Å². The molecule has 1 saturated heterocycles. The van der Waals surface area contributed by atoms with Crippen molar-refractivity contribution >= 4 is 0 Å². The molecule has 0 aromatic carbocycles. The Bertz CT molecular complexity index is 301. The summed E-state index contributed by atoms with van der Waals surface area (Å²) in [5.74, 6) is 0.990. The van der Waals surface area contributed by atoms with E-state index in [1.165, 1.54) is 51.7 Å². The summed E-state index contributed by atoms with van der Waals surface area (Å²) in [4.78, 5) is 2.74. The van der Waals surface area contributed by atoms with E-state index in [-0.39, 0.29) is 5.54 Å². The lowest BCUT2D eigenvalue weighted by Crippen LogP contribution is -2.51. The van der Waals surface area contributed by atoms with Gasteiger partial charge in [0.1, 0.15) is 0 Å². The molecule has 2 aliphatic rings. The Kier molecular flexibility index (Phi) is 6.10. The fourth-order valence-corrected chi connectivity index (χ4v) is 3.34. The summed E-state index contributed by atoms with van der Waals surface area (Å²) in [7, 11) is 0. The second-order valence-corrected chi connectivity index (χ2v) is 8.39. The molecule has 124 valence electrons. The van der Waals surface area contributed by atoms with Crippen molar-refractivity contribution in [1.29, 1.82) is 0 Å². The van der Waals surface area contributed by atoms with Gasteiger partial charge in [-0.15, -0.1) is 0 Å². The van der Waals surface area contributed by atoms with E-state index >= 15 is 0 Å². The van der Waals surface area contributed by atoms with Crippen molar-refractivity contribution in [2.75, 3.05) is 39.4 Å². The lowest BCUT2D eigenvalue weighted by Gasteiger charge is -2.43. The molecule has 0 amide bonds. The predicted molar refractivity (Wildman–Crippen MR) is 89.7 cm³/mol. The second kappa shape index (κ2) is 7.43. The Morgan fingerprint density at radius 1 is 1.19 bits per heavy atom. The SMILES string of the molecule is CCCN(CC1CC1)CC1(CNC(C)(C)C)CCOCC1. The van der Waals surface area contributed by atoms with Crippen molar-refractivity contribution in [3.8, 4) is 0 Å². The maximum Gasteiger partial charge on any atom is 0.0472 e. The molecule has 1 aliphatic heterocycles. The number of ether oxygens (including phenoxy) is 1. The van der Waals surface area contributed by atoms with Gasteiger partial charge in [0.2, 0.25) is 0 Å². The Morgan fingerprint density at radius 2 is 1.86 bits per heavy atom. The van der Waals surface area contributed by atoms with Gasteiger partial charge in [-0.05, 0) is 70.8 Å². The molecule has 3 heteroatoms. The monoisotopic (exact) mass is 296 g/mol. The summed E-state index contributed by atoms with van der Waals surface area (Å²) in [6.07, 6.45) is 6.60. The van der Waals surface area contributed by atoms with Crippen LogP contribution in [-0.2, 0) is 4.74 Å². The summed E-state index contributed by atoms with van der Waals surface area (Å²) in [6.45, 7) is 16.0. The molecule has 0 bridgehead atoms. The zero-order chi connectivity index (χ0) is 15.3. The number of hydrogen-bond donors (Lipinski definition) is 1. The highest BCUT2D eigenvalue weighted by Gasteiger charge is 2.36. The molecule has 21 heavy (non-hydrogen) atoms. The third kappa shape index (κ3) is 6.25. The highest BCUT2D eigenvalue weighted by atomic mass is 16.5. The van der Waals surface area contributed by atoms with E-state index < -0.39 is 0 Å². The summed E-state index contributed by atoms with van der Waals surface area (Å²) >= 11 is 0. The fourth-order valence-electron chi connectivity index (χ4n) is 3.34. The lowest BCUT2D eigenvalue weighted by atomic mass is 9.78. The molecule has 0 spiro atoms. The van der Waals surface area contributed by atoms with Gasteiger partial charge in [-0.25, -0.2) is 0 Å². The molecule has 1 aliphatic carbocycles. The highest BCUT2D eigenvalue weighted by molar-refractivity contribution is 4.90. The van der Waals surface area contributed by atoms with E-state index in [9.17, 15) is 0 Å². The Morgan fingerprint density at radius 3 is 2.38 bits per heavy atom. The van der Waals surface area contributed by atoms with Crippen LogP contribution in [0, 0.1) is 11.3 Å². The molecule has 1 heterocycles. The van der Waals surface area contributed by atoms with Crippen LogP contribution in [-0.4, -0.2) is 49.8 Å². The molecule has 0 unspecified atom stereocenters. The Balaban J connectivity index is 1.95. The van der Waals surface area contributed by atoms with E-state index in [0.717, 1.165) is 25.7 Å². The molecule has 0 atom stereocenters. The number of rotatable bonds is 8. The second-order valence-electron chi connectivity index (χ2n) is 8.39. The average molecular weight is 296 g/mol. The molecular formula is C18H36N2O. The quantitative estimate of drug-likeness (QED) is 0.744. The zero-order valence-electron chi connectivity index (χ0n) is 14.7. The fraction of sp³-hybridized carbons (Fsp3) is 1.00. The first-order valence-corrected chi connectivity index (χ1v) is 8.98. The summed E-state index contributed by atoms with van der Waals surface area (Å²) < 4.78 is 5.65. The lowest BCUT2D eigenvalue weighted by molar-refractivity contribution is -0.00780. The minimum Gasteiger partial charge on any atom is -0.381 e. The maximum absolute atomic E-state index is 5.65. The molecule has 0 radical (unpaired) electrons. The molecule has 0 aromatic rings. The molecule has 3 nitrogen and oxygen atoms in total. The first kappa shape index (κ1) is 17.2. The summed E-state index contributed by atoms with van der Waals surface area (Å²) in [6, 6.07) is 0. The Labute approximate surface area is 131 Å². The molecule has 0 aromatic heterocycles. The minimum absolute atomic E-state index is 0.206. The van der Waals surface area contributed by atoms with Crippen LogP contribution >= 0.6 is 0 Å². The van der Waals surface area contributed by atoms with E-state index in [1.54, 1.807) is 0 Å². The van der Waals surface area contributed by atoms with Crippen LogP contribution < -0.4 is 5.32 Å². The van der Waals surface area contributed by atoms with Gasteiger partial charge >= 0.3 is 0 Å². The highest BCUT2D eigenvalue weighted by Crippen LogP contribution is 2.34.